The van der Waals surface area contributed by atoms with Crippen LogP contribution >= 0.6 is 0 Å². The van der Waals surface area contributed by atoms with E-state index in [4.69, 9.17) is 9.26 Å². The van der Waals surface area contributed by atoms with Crippen LogP contribution in [0.15, 0.2) is 39.8 Å². The maximum atomic E-state index is 12.5. The predicted molar refractivity (Wildman–Crippen MR) is 79.5 cm³/mol. The second kappa shape index (κ2) is 6.18. The van der Waals surface area contributed by atoms with Gasteiger partial charge in [-0.05, 0) is 32.0 Å². The summed E-state index contributed by atoms with van der Waals surface area (Å²) in [6.45, 7) is 2.98. The Balaban J connectivity index is 2.22. The molecule has 0 saturated heterocycles. The number of carbonyl (C=O) groups is 1. The van der Waals surface area contributed by atoms with E-state index in [2.05, 4.69) is 10.5 Å². The van der Waals surface area contributed by atoms with E-state index in [1.165, 1.54) is 32.2 Å². The molecule has 118 valence electrons. The molecule has 0 radical (unpaired) electrons. The normalized spacial score (nSPS) is 12.7. The monoisotopic (exact) mass is 324 g/mol. The number of amides is 1. The van der Waals surface area contributed by atoms with Gasteiger partial charge in [0.25, 0.3) is 0 Å². The quantitative estimate of drug-likeness (QED) is 0.900. The number of anilines is 1. The third kappa shape index (κ3) is 3.28. The van der Waals surface area contributed by atoms with Gasteiger partial charge in [0.05, 0.1) is 12.0 Å². The average Bonchev–Trinajstić information content (AvgIpc) is 2.91. The average molecular weight is 324 g/mol. The van der Waals surface area contributed by atoms with Crippen molar-refractivity contribution in [3.8, 4) is 5.75 Å². The summed E-state index contributed by atoms with van der Waals surface area (Å²) in [4.78, 5) is 12.1. The van der Waals surface area contributed by atoms with Gasteiger partial charge < -0.3 is 14.6 Å². The minimum Gasteiger partial charge on any atom is -0.497 e. The molecule has 7 nitrogen and oxygen atoms in total. The Kier molecular flexibility index (Phi) is 4.51. The Hall–Kier alpha value is -2.35. The molecule has 2 aromatic rings. The molecule has 1 N–H and O–H groups in total. The Morgan fingerprint density at radius 2 is 2.09 bits per heavy atom. The molecule has 1 aromatic heterocycles. The molecule has 1 heterocycles. The highest BCUT2D eigenvalue weighted by Gasteiger charge is 2.30. The summed E-state index contributed by atoms with van der Waals surface area (Å²) in [7, 11) is -2.40. The van der Waals surface area contributed by atoms with Crippen LogP contribution in [0.4, 0.5) is 5.82 Å². The van der Waals surface area contributed by atoms with Gasteiger partial charge in [0.15, 0.2) is 15.7 Å². The highest BCUT2D eigenvalue weighted by molar-refractivity contribution is 7.92. The van der Waals surface area contributed by atoms with Crippen LogP contribution in [0.25, 0.3) is 0 Å². The number of methoxy groups -OCH3 is 1. The molecule has 1 amide bonds. The molecule has 2 rings (SSSR count). The van der Waals surface area contributed by atoms with Crippen molar-refractivity contribution in [2.75, 3.05) is 12.4 Å². The molecule has 0 bridgehead atoms. The fraction of sp³-hybridized carbons (Fsp3) is 0.286. The van der Waals surface area contributed by atoms with Crippen LogP contribution in [-0.4, -0.2) is 31.8 Å². The lowest BCUT2D eigenvalue weighted by Crippen LogP contribution is -2.32. The molecule has 0 spiro atoms. The van der Waals surface area contributed by atoms with Gasteiger partial charge in [0, 0.05) is 6.07 Å². The van der Waals surface area contributed by atoms with Gasteiger partial charge in [0.1, 0.15) is 16.8 Å². The van der Waals surface area contributed by atoms with Crippen molar-refractivity contribution in [2.24, 2.45) is 0 Å². The fourth-order valence-electron chi connectivity index (χ4n) is 1.78. The molecule has 0 fully saturated rings. The molecule has 1 atom stereocenters. The number of rotatable bonds is 5. The number of ether oxygens (including phenoxy) is 1. The lowest BCUT2D eigenvalue weighted by Gasteiger charge is -2.12. The molecule has 0 aliphatic carbocycles. The summed E-state index contributed by atoms with van der Waals surface area (Å²) < 4.78 is 34.8. The van der Waals surface area contributed by atoms with Crippen molar-refractivity contribution in [1.82, 2.24) is 5.16 Å². The number of carbonyl (C=O) groups excluding carboxylic acids is 1. The number of benzene rings is 1. The summed E-state index contributed by atoms with van der Waals surface area (Å²) in [5.74, 6) is 0.408. The van der Waals surface area contributed by atoms with Crippen LogP contribution in [0, 0.1) is 6.92 Å². The molecule has 22 heavy (non-hydrogen) atoms. The maximum absolute atomic E-state index is 12.5. The Labute approximate surface area is 128 Å². The van der Waals surface area contributed by atoms with Crippen molar-refractivity contribution in [3.05, 3.63) is 36.1 Å². The molecule has 8 heteroatoms. The van der Waals surface area contributed by atoms with Gasteiger partial charge in [-0.2, -0.15) is 0 Å². The first-order valence-electron chi connectivity index (χ1n) is 6.46. The van der Waals surface area contributed by atoms with Crippen LogP contribution in [0.3, 0.4) is 0 Å². The third-order valence-corrected chi connectivity index (χ3v) is 5.14. The van der Waals surface area contributed by atoms with Crippen LogP contribution in [-0.2, 0) is 14.6 Å². The number of aryl methyl sites for hydroxylation is 1. The molecule has 0 aliphatic heterocycles. The van der Waals surface area contributed by atoms with Crippen LogP contribution in [0.5, 0.6) is 5.75 Å². The first-order chi connectivity index (χ1) is 10.3. The van der Waals surface area contributed by atoms with Crippen molar-refractivity contribution in [3.63, 3.8) is 0 Å². The number of hydrogen-bond donors (Lipinski definition) is 1. The molecular formula is C14H16N2O5S. The van der Waals surface area contributed by atoms with E-state index in [-0.39, 0.29) is 10.7 Å². The second-order valence-corrected chi connectivity index (χ2v) is 6.95. The van der Waals surface area contributed by atoms with Gasteiger partial charge in [-0.15, -0.1) is 0 Å². The zero-order valence-corrected chi connectivity index (χ0v) is 13.2. The summed E-state index contributed by atoms with van der Waals surface area (Å²) in [5, 5.41) is 4.73. The van der Waals surface area contributed by atoms with Gasteiger partial charge >= 0.3 is 0 Å². The van der Waals surface area contributed by atoms with E-state index in [0.717, 1.165) is 0 Å². The largest absolute Gasteiger partial charge is 0.497 e. The van der Waals surface area contributed by atoms with Gasteiger partial charge in [0.2, 0.25) is 5.91 Å². The molecule has 0 saturated carbocycles. The van der Waals surface area contributed by atoms with Gasteiger partial charge in [-0.1, -0.05) is 11.2 Å². The summed E-state index contributed by atoms with van der Waals surface area (Å²) >= 11 is 0. The third-order valence-electron chi connectivity index (χ3n) is 3.08. The van der Waals surface area contributed by atoms with E-state index in [1.54, 1.807) is 19.1 Å². The summed E-state index contributed by atoms with van der Waals surface area (Å²) in [5.41, 5.74) is 0. The molecule has 1 aromatic carbocycles. The first-order valence-corrected chi connectivity index (χ1v) is 8.01. The lowest BCUT2D eigenvalue weighted by atomic mass is 10.3. The minimum atomic E-state index is -3.83. The van der Waals surface area contributed by atoms with Crippen molar-refractivity contribution >= 4 is 21.6 Å². The summed E-state index contributed by atoms with van der Waals surface area (Å²) in [6, 6.07) is 7.48. The minimum absolute atomic E-state index is 0.0193. The van der Waals surface area contributed by atoms with E-state index in [1.807, 2.05) is 0 Å². The van der Waals surface area contributed by atoms with E-state index >= 15 is 0 Å². The summed E-state index contributed by atoms with van der Waals surface area (Å²) in [6.07, 6.45) is 0. The van der Waals surface area contributed by atoms with Crippen LogP contribution in [0.2, 0.25) is 0 Å². The highest BCUT2D eigenvalue weighted by Crippen LogP contribution is 2.22. The van der Waals surface area contributed by atoms with Crippen molar-refractivity contribution in [1.29, 1.82) is 0 Å². The predicted octanol–water partition coefficient (Wildman–Crippen LogP) is 1.79. The SMILES string of the molecule is COc1cccc(S(=O)(=O)[C@@H](C)C(=O)Nc2cc(C)on2)c1. The number of nitrogens with zero attached hydrogens (tertiary/aromatic N) is 1. The fourth-order valence-corrected chi connectivity index (χ4v) is 3.07. The van der Waals surface area contributed by atoms with E-state index in [0.29, 0.717) is 11.5 Å². The van der Waals surface area contributed by atoms with Crippen molar-refractivity contribution in [2.45, 2.75) is 24.0 Å². The van der Waals surface area contributed by atoms with Crippen molar-refractivity contribution < 1.29 is 22.5 Å². The highest BCUT2D eigenvalue weighted by atomic mass is 32.2. The van der Waals surface area contributed by atoms with Gasteiger partial charge in [-0.25, -0.2) is 8.42 Å². The topological polar surface area (TPSA) is 98.5 Å². The first kappa shape index (κ1) is 16.0. The molecule has 0 unspecified atom stereocenters. The zero-order chi connectivity index (χ0) is 16.3. The van der Waals surface area contributed by atoms with E-state index in [9.17, 15) is 13.2 Å². The van der Waals surface area contributed by atoms with Crippen LogP contribution in [0.1, 0.15) is 12.7 Å². The maximum Gasteiger partial charge on any atom is 0.244 e. The lowest BCUT2D eigenvalue weighted by molar-refractivity contribution is -0.115. The van der Waals surface area contributed by atoms with E-state index < -0.39 is 21.0 Å². The standard InChI is InChI=1S/C14H16N2O5S/c1-9-7-13(16-21-9)15-14(17)10(2)22(18,19)12-6-4-5-11(8-12)20-3/h4-8,10H,1-3H3,(H,15,16,17)/t10-/m0/s1. The molecule has 0 aliphatic rings. The smallest absolute Gasteiger partial charge is 0.244 e. The number of hydrogen-bond acceptors (Lipinski definition) is 6. The van der Waals surface area contributed by atoms with Crippen LogP contribution < -0.4 is 10.1 Å². The number of sulfone groups is 1. The Bertz CT molecular complexity index is 782. The Morgan fingerprint density at radius 1 is 1.36 bits per heavy atom. The van der Waals surface area contributed by atoms with Gasteiger partial charge in [-0.3, -0.25) is 4.79 Å². The zero-order valence-electron chi connectivity index (χ0n) is 12.4. The number of aromatic nitrogens is 1. The molecular weight excluding hydrogens is 308 g/mol. The number of nitrogens with one attached hydrogen (secondary N) is 1. The Morgan fingerprint density at radius 3 is 2.68 bits per heavy atom. The second-order valence-electron chi connectivity index (χ2n) is 4.68.